The van der Waals surface area contributed by atoms with E-state index in [4.69, 9.17) is 4.74 Å². The first kappa shape index (κ1) is 16.1. The number of carbonyl (C=O) groups is 1. The maximum Gasteiger partial charge on any atom is 0.338 e. The molecule has 6 heteroatoms. The number of rotatable bonds is 5. The maximum atomic E-state index is 11.8. The van der Waals surface area contributed by atoms with Gasteiger partial charge in [0.15, 0.2) is 0 Å². The number of benzene rings is 1. The molecule has 110 valence electrons. The van der Waals surface area contributed by atoms with Crippen LogP contribution in [0, 0.1) is 10.1 Å². The molecule has 1 aromatic carbocycles. The van der Waals surface area contributed by atoms with Gasteiger partial charge in [-0.05, 0) is 33.9 Å². The molecule has 0 spiro atoms. The minimum Gasteiger partial charge on any atom is -0.461 e. The van der Waals surface area contributed by atoms with Gasteiger partial charge in [0.2, 0.25) is 0 Å². The van der Waals surface area contributed by atoms with Crippen LogP contribution in [0.2, 0.25) is 0 Å². The third-order valence-corrected chi connectivity index (χ3v) is 3.10. The van der Waals surface area contributed by atoms with Crippen LogP contribution in [0.1, 0.15) is 31.1 Å². The topological polar surface area (TPSA) is 72.7 Å². The molecule has 0 atom stereocenters. The van der Waals surface area contributed by atoms with Crippen molar-refractivity contribution in [1.29, 1.82) is 0 Å². The minimum absolute atomic E-state index is 0.00204. The Hall–Kier alpha value is -1.95. The van der Waals surface area contributed by atoms with E-state index in [9.17, 15) is 14.9 Å². The highest BCUT2D eigenvalue weighted by Crippen LogP contribution is 2.14. The molecule has 0 heterocycles. The molecule has 0 amide bonds. The zero-order valence-corrected chi connectivity index (χ0v) is 12.3. The molecule has 0 aliphatic rings. The zero-order chi connectivity index (χ0) is 15.3. The quantitative estimate of drug-likeness (QED) is 0.470. The average Bonchev–Trinajstić information content (AvgIpc) is 2.37. The molecule has 0 radical (unpaired) electrons. The number of non-ortho nitro benzene ring substituents is 1. The third-order valence-electron chi connectivity index (χ3n) is 3.10. The van der Waals surface area contributed by atoms with Crippen LogP contribution >= 0.6 is 0 Å². The molecule has 6 nitrogen and oxygen atoms in total. The van der Waals surface area contributed by atoms with Gasteiger partial charge >= 0.3 is 5.97 Å². The van der Waals surface area contributed by atoms with Gasteiger partial charge in [-0.15, -0.1) is 0 Å². The molecule has 0 aromatic heterocycles. The monoisotopic (exact) mass is 280 g/mol. The Bertz CT molecular complexity index is 494. The van der Waals surface area contributed by atoms with Crippen LogP contribution < -0.4 is 0 Å². The van der Waals surface area contributed by atoms with Crippen molar-refractivity contribution in [2.75, 3.05) is 20.2 Å². The van der Waals surface area contributed by atoms with Crippen molar-refractivity contribution in [2.24, 2.45) is 0 Å². The van der Waals surface area contributed by atoms with Crippen molar-refractivity contribution >= 4 is 11.7 Å². The SMILES string of the molecule is CN(CCOC(=O)c1cccc([N+](=O)[O-])c1)C(C)(C)C. The summed E-state index contributed by atoms with van der Waals surface area (Å²) in [4.78, 5) is 23.9. The summed E-state index contributed by atoms with van der Waals surface area (Å²) in [5, 5.41) is 10.6. The first-order chi connectivity index (χ1) is 9.21. The van der Waals surface area contributed by atoms with Gasteiger partial charge in [-0.3, -0.25) is 15.0 Å². The average molecular weight is 280 g/mol. The normalized spacial score (nSPS) is 11.4. The minimum atomic E-state index is -0.545. The number of hydrogen-bond donors (Lipinski definition) is 0. The Morgan fingerprint density at radius 1 is 1.40 bits per heavy atom. The number of nitro benzene ring substituents is 1. The summed E-state index contributed by atoms with van der Waals surface area (Å²) in [6.45, 7) is 7.04. The molecular formula is C14H20N2O4. The van der Waals surface area contributed by atoms with Gasteiger partial charge in [-0.25, -0.2) is 4.79 Å². The van der Waals surface area contributed by atoms with Crippen molar-refractivity contribution in [2.45, 2.75) is 26.3 Å². The van der Waals surface area contributed by atoms with Crippen LogP contribution in [0.5, 0.6) is 0 Å². The van der Waals surface area contributed by atoms with E-state index in [1.54, 1.807) is 0 Å². The summed E-state index contributed by atoms with van der Waals surface area (Å²) < 4.78 is 5.13. The highest BCUT2D eigenvalue weighted by molar-refractivity contribution is 5.90. The van der Waals surface area contributed by atoms with Gasteiger partial charge in [0, 0.05) is 24.2 Å². The van der Waals surface area contributed by atoms with Crippen molar-refractivity contribution < 1.29 is 14.5 Å². The van der Waals surface area contributed by atoms with Gasteiger partial charge in [0.05, 0.1) is 10.5 Å². The second-order valence-electron chi connectivity index (χ2n) is 5.54. The van der Waals surface area contributed by atoms with Crippen LogP contribution in [-0.2, 0) is 4.74 Å². The predicted octanol–water partition coefficient (Wildman–Crippen LogP) is 2.48. The molecular weight excluding hydrogens is 260 g/mol. The number of carbonyl (C=O) groups excluding carboxylic acids is 1. The number of likely N-dealkylation sites (N-methyl/N-ethyl adjacent to an activating group) is 1. The van der Waals surface area contributed by atoms with E-state index in [1.807, 2.05) is 7.05 Å². The zero-order valence-electron chi connectivity index (χ0n) is 12.3. The molecule has 0 saturated carbocycles. The molecule has 0 aliphatic heterocycles. The standard InChI is InChI=1S/C14H20N2O4/c1-14(2,3)15(4)8-9-20-13(17)11-6-5-7-12(10-11)16(18)19/h5-7,10H,8-9H2,1-4H3. The van der Waals surface area contributed by atoms with Gasteiger partial charge in [0.25, 0.3) is 5.69 Å². The Balaban J connectivity index is 2.56. The van der Waals surface area contributed by atoms with Crippen molar-refractivity contribution in [1.82, 2.24) is 4.90 Å². The second kappa shape index (κ2) is 6.47. The number of hydrogen-bond acceptors (Lipinski definition) is 5. The Morgan fingerprint density at radius 2 is 2.05 bits per heavy atom. The lowest BCUT2D eigenvalue weighted by Gasteiger charge is -2.31. The first-order valence-electron chi connectivity index (χ1n) is 6.34. The molecule has 0 N–H and O–H groups in total. The Kier molecular flexibility index (Phi) is 5.21. The molecule has 1 aromatic rings. The number of nitro groups is 1. The summed E-state index contributed by atoms with van der Waals surface area (Å²) in [6, 6.07) is 5.53. The van der Waals surface area contributed by atoms with E-state index in [2.05, 4.69) is 25.7 Å². The van der Waals surface area contributed by atoms with Crippen LogP contribution in [0.25, 0.3) is 0 Å². The molecule has 0 fully saturated rings. The Labute approximate surface area is 118 Å². The van der Waals surface area contributed by atoms with Crippen LogP contribution in [-0.4, -0.2) is 41.5 Å². The summed E-state index contributed by atoms with van der Waals surface area (Å²) in [5.41, 5.74) is 0.0710. The predicted molar refractivity (Wildman–Crippen MR) is 75.8 cm³/mol. The number of ether oxygens (including phenoxy) is 1. The third kappa shape index (κ3) is 4.62. The lowest BCUT2D eigenvalue weighted by molar-refractivity contribution is -0.384. The summed E-state index contributed by atoms with van der Waals surface area (Å²) in [7, 11) is 1.95. The smallest absolute Gasteiger partial charge is 0.338 e. The summed E-state index contributed by atoms with van der Waals surface area (Å²) >= 11 is 0. The fourth-order valence-electron chi connectivity index (χ4n) is 1.44. The first-order valence-corrected chi connectivity index (χ1v) is 6.34. The van der Waals surface area contributed by atoms with E-state index in [1.165, 1.54) is 24.3 Å². The van der Waals surface area contributed by atoms with E-state index in [0.29, 0.717) is 6.54 Å². The lowest BCUT2D eigenvalue weighted by atomic mass is 10.1. The van der Waals surface area contributed by atoms with Crippen molar-refractivity contribution in [3.63, 3.8) is 0 Å². The fraction of sp³-hybridized carbons (Fsp3) is 0.500. The highest BCUT2D eigenvalue weighted by atomic mass is 16.6. The molecule has 1 rings (SSSR count). The number of esters is 1. The van der Waals surface area contributed by atoms with Crippen molar-refractivity contribution in [3.05, 3.63) is 39.9 Å². The molecule has 0 bridgehead atoms. The summed E-state index contributed by atoms with van der Waals surface area (Å²) in [5.74, 6) is -0.545. The van der Waals surface area contributed by atoms with Gasteiger partial charge in [-0.1, -0.05) is 6.07 Å². The Morgan fingerprint density at radius 3 is 2.60 bits per heavy atom. The number of nitrogens with zero attached hydrogens (tertiary/aromatic N) is 2. The van der Waals surface area contributed by atoms with Gasteiger partial charge in [0.1, 0.15) is 6.61 Å². The maximum absolute atomic E-state index is 11.8. The second-order valence-corrected chi connectivity index (χ2v) is 5.54. The van der Waals surface area contributed by atoms with Crippen LogP contribution in [0.4, 0.5) is 5.69 Å². The van der Waals surface area contributed by atoms with Crippen LogP contribution in [0.3, 0.4) is 0 Å². The van der Waals surface area contributed by atoms with E-state index >= 15 is 0 Å². The van der Waals surface area contributed by atoms with Gasteiger partial charge < -0.3 is 4.74 Å². The largest absolute Gasteiger partial charge is 0.461 e. The molecule has 0 unspecified atom stereocenters. The van der Waals surface area contributed by atoms with E-state index < -0.39 is 10.9 Å². The van der Waals surface area contributed by atoms with E-state index in [0.717, 1.165) is 0 Å². The fourth-order valence-corrected chi connectivity index (χ4v) is 1.44. The molecule has 0 saturated heterocycles. The lowest BCUT2D eigenvalue weighted by Crippen LogP contribution is -2.40. The highest BCUT2D eigenvalue weighted by Gasteiger charge is 2.17. The molecule has 20 heavy (non-hydrogen) atoms. The van der Waals surface area contributed by atoms with E-state index in [-0.39, 0.29) is 23.4 Å². The summed E-state index contributed by atoms with van der Waals surface area (Å²) in [6.07, 6.45) is 0. The molecule has 0 aliphatic carbocycles. The van der Waals surface area contributed by atoms with Gasteiger partial charge in [-0.2, -0.15) is 0 Å². The van der Waals surface area contributed by atoms with Crippen molar-refractivity contribution in [3.8, 4) is 0 Å². The van der Waals surface area contributed by atoms with Crippen LogP contribution in [0.15, 0.2) is 24.3 Å².